The van der Waals surface area contributed by atoms with Gasteiger partial charge in [-0.1, -0.05) is 30.3 Å². The van der Waals surface area contributed by atoms with Gasteiger partial charge in [0.1, 0.15) is 0 Å². The molecule has 54 heavy (non-hydrogen) atoms. The maximum Gasteiger partial charge on any atom is 0.319 e. The third-order valence-electron chi connectivity index (χ3n) is 8.40. The largest absolute Gasteiger partial charge is 0.334 e. The van der Waals surface area contributed by atoms with E-state index in [0.29, 0.717) is 48.4 Å². The summed E-state index contributed by atoms with van der Waals surface area (Å²) in [4.78, 5) is 33.0. The van der Waals surface area contributed by atoms with Gasteiger partial charge in [0.2, 0.25) is 19.7 Å². The molecule has 0 aliphatic carbocycles. The number of anilines is 2. The predicted octanol–water partition coefficient (Wildman–Crippen LogP) is 6.57. The van der Waals surface area contributed by atoms with Crippen LogP contribution in [0, 0.1) is 0 Å². The lowest BCUT2D eigenvalue weighted by Crippen LogP contribution is -2.28. The first-order chi connectivity index (χ1) is 26.1. The van der Waals surface area contributed by atoms with Gasteiger partial charge in [-0.2, -0.15) is 0 Å². The van der Waals surface area contributed by atoms with Crippen molar-refractivity contribution in [2.45, 2.75) is 45.5 Å². The molecule has 4 aromatic carbocycles. The fourth-order valence-corrected chi connectivity index (χ4v) is 8.39. The van der Waals surface area contributed by atoms with Crippen molar-refractivity contribution < 1.29 is 26.4 Å². The molecule has 0 radical (unpaired) electrons. The lowest BCUT2D eigenvalue weighted by atomic mass is 10.0. The normalized spacial score (nSPS) is 11.3. The Kier molecular flexibility index (Phi) is 11.7. The number of nitrogens with zero attached hydrogens (tertiary/aromatic N) is 2. The van der Waals surface area contributed by atoms with E-state index < -0.39 is 31.7 Å². The molecule has 0 unspecified atom stereocenters. The highest BCUT2D eigenvalue weighted by Crippen LogP contribution is 2.28. The SMILES string of the molecule is O=C(NCc1ccncc1)Nc1ccc(S(=O)(=O)c2cccc(CCc3ccccc3S(=O)(=O)c3ccc(NC(=O)NCc4ccncc4)cc3)c2)cc1. The number of benzene rings is 4. The van der Waals surface area contributed by atoms with Gasteiger partial charge in [0.15, 0.2) is 0 Å². The van der Waals surface area contributed by atoms with E-state index in [1.54, 1.807) is 91.5 Å². The Labute approximate surface area is 313 Å². The Morgan fingerprint density at radius 2 is 0.981 bits per heavy atom. The van der Waals surface area contributed by atoms with Gasteiger partial charge in [-0.05, 0) is 126 Å². The molecular weight excluding hydrogens is 725 g/mol. The molecule has 14 heteroatoms. The van der Waals surface area contributed by atoms with E-state index in [1.807, 2.05) is 0 Å². The van der Waals surface area contributed by atoms with E-state index in [1.165, 1.54) is 54.6 Å². The molecule has 6 aromatic rings. The van der Waals surface area contributed by atoms with Crippen LogP contribution in [0.3, 0.4) is 0 Å². The van der Waals surface area contributed by atoms with Crippen molar-refractivity contribution in [2.24, 2.45) is 0 Å². The van der Waals surface area contributed by atoms with Crippen molar-refractivity contribution >= 4 is 43.1 Å². The van der Waals surface area contributed by atoms with Crippen LogP contribution in [-0.2, 0) is 45.6 Å². The number of aryl methyl sites for hydroxylation is 2. The van der Waals surface area contributed by atoms with Crippen LogP contribution < -0.4 is 21.3 Å². The fraction of sp³-hybridized carbons (Fsp3) is 0.100. The molecule has 0 aliphatic rings. The minimum atomic E-state index is -3.92. The molecule has 0 bridgehead atoms. The molecule has 4 N–H and O–H groups in total. The van der Waals surface area contributed by atoms with E-state index in [2.05, 4.69) is 31.2 Å². The van der Waals surface area contributed by atoms with Gasteiger partial charge in [0.25, 0.3) is 0 Å². The lowest BCUT2D eigenvalue weighted by Gasteiger charge is -2.13. The van der Waals surface area contributed by atoms with Crippen molar-refractivity contribution in [3.63, 3.8) is 0 Å². The molecule has 0 aliphatic heterocycles. The Morgan fingerprint density at radius 3 is 1.52 bits per heavy atom. The van der Waals surface area contributed by atoms with Crippen LogP contribution in [-0.4, -0.2) is 38.9 Å². The topological polar surface area (TPSA) is 176 Å². The van der Waals surface area contributed by atoms with Gasteiger partial charge in [-0.25, -0.2) is 26.4 Å². The molecule has 0 spiro atoms. The summed E-state index contributed by atoms with van der Waals surface area (Å²) in [7, 11) is -7.82. The molecule has 274 valence electrons. The molecule has 0 fully saturated rings. The number of urea groups is 2. The zero-order valence-corrected chi connectivity index (χ0v) is 30.5. The van der Waals surface area contributed by atoms with E-state index in [9.17, 15) is 26.4 Å². The first-order valence-corrected chi connectivity index (χ1v) is 19.8. The number of rotatable bonds is 13. The number of carbonyl (C=O) groups is 2. The minimum Gasteiger partial charge on any atom is -0.334 e. The average Bonchev–Trinajstić information content (AvgIpc) is 3.20. The van der Waals surface area contributed by atoms with Crippen LogP contribution in [0.1, 0.15) is 22.3 Å². The van der Waals surface area contributed by atoms with Gasteiger partial charge in [0.05, 0.1) is 19.6 Å². The molecule has 0 atom stereocenters. The van der Waals surface area contributed by atoms with Gasteiger partial charge in [0, 0.05) is 49.3 Å². The lowest BCUT2D eigenvalue weighted by molar-refractivity contribution is 0.251. The van der Waals surface area contributed by atoms with Crippen molar-refractivity contribution in [1.29, 1.82) is 0 Å². The standard InChI is InChI=1S/C40H36N6O6S2/c47-39(43-27-30-18-22-41-23-19-30)45-33-10-14-35(15-11-33)53(49,50)37-6-3-4-29(26-37)8-9-32-5-1-2-7-38(32)54(51,52)36-16-12-34(13-17-36)46-40(48)44-28-31-20-24-42-25-21-31/h1-7,10-26H,8-9,27-28H2,(H2,43,45,47)(H2,44,46,48). The second-order valence-electron chi connectivity index (χ2n) is 12.1. The highest BCUT2D eigenvalue weighted by Gasteiger charge is 2.22. The molecule has 2 aromatic heterocycles. The Morgan fingerprint density at radius 1 is 0.481 bits per heavy atom. The van der Waals surface area contributed by atoms with Gasteiger partial charge >= 0.3 is 12.1 Å². The smallest absolute Gasteiger partial charge is 0.319 e. The predicted molar refractivity (Wildman–Crippen MR) is 204 cm³/mol. The molecule has 0 saturated carbocycles. The monoisotopic (exact) mass is 760 g/mol. The molecular formula is C40H36N6O6S2. The van der Waals surface area contributed by atoms with Crippen LogP contribution >= 0.6 is 0 Å². The Bertz CT molecular complexity index is 2450. The molecule has 6 rings (SSSR count). The third kappa shape index (κ3) is 9.53. The number of nitrogens with one attached hydrogen (secondary N) is 4. The zero-order valence-electron chi connectivity index (χ0n) is 28.8. The van der Waals surface area contributed by atoms with Crippen LogP contribution in [0.25, 0.3) is 0 Å². The van der Waals surface area contributed by atoms with Crippen molar-refractivity contribution in [3.05, 3.63) is 168 Å². The summed E-state index contributed by atoms with van der Waals surface area (Å²) in [6.07, 6.45) is 7.25. The Hall–Kier alpha value is -6.38. The Balaban J connectivity index is 1.07. The summed E-state index contributed by atoms with van der Waals surface area (Å²) in [5.41, 5.74) is 3.92. The van der Waals surface area contributed by atoms with Gasteiger partial charge in [-0.15, -0.1) is 0 Å². The van der Waals surface area contributed by atoms with Crippen LogP contribution in [0.4, 0.5) is 21.0 Å². The van der Waals surface area contributed by atoms with Crippen LogP contribution in [0.2, 0.25) is 0 Å². The number of amides is 4. The zero-order chi connectivity index (χ0) is 38.0. The average molecular weight is 761 g/mol. The summed E-state index contributed by atoms with van der Waals surface area (Å²) in [6, 6.07) is 31.4. The first-order valence-electron chi connectivity index (χ1n) is 16.8. The number of hydrogen-bond donors (Lipinski definition) is 4. The molecule has 0 saturated heterocycles. The summed E-state index contributed by atoms with van der Waals surface area (Å²) in [6.45, 7) is 0.614. The molecule has 12 nitrogen and oxygen atoms in total. The maximum absolute atomic E-state index is 13.8. The van der Waals surface area contributed by atoms with Crippen LogP contribution in [0.5, 0.6) is 0 Å². The van der Waals surface area contributed by atoms with E-state index in [4.69, 9.17) is 0 Å². The highest BCUT2D eigenvalue weighted by molar-refractivity contribution is 7.91. The second kappa shape index (κ2) is 17.0. The first kappa shape index (κ1) is 37.4. The minimum absolute atomic E-state index is 0.0608. The van der Waals surface area contributed by atoms with Crippen LogP contribution in [0.15, 0.2) is 166 Å². The van der Waals surface area contributed by atoms with Crippen molar-refractivity contribution in [1.82, 2.24) is 20.6 Å². The molecule has 4 amide bonds. The fourth-order valence-electron chi connectivity index (χ4n) is 5.53. The van der Waals surface area contributed by atoms with Crippen molar-refractivity contribution in [2.75, 3.05) is 10.6 Å². The number of aromatic nitrogens is 2. The number of carbonyl (C=O) groups excluding carboxylic acids is 2. The number of pyridine rings is 2. The van der Waals surface area contributed by atoms with Crippen molar-refractivity contribution in [3.8, 4) is 0 Å². The number of hydrogen-bond acceptors (Lipinski definition) is 8. The summed E-state index contributed by atoms with van der Waals surface area (Å²) >= 11 is 0. The van der Waals surface area contributed by atoms with E-state index in [0.717, 1.165) is 11.1 Å². The van der Waals surface area contributed by atoms with Gasteiger partial charge in [-0.3, -0.25) is 9.97 Å². The van der Waals surface area contributed by atoms with E-state index in [-0.39, 0.29) is 19.6 Å². The summed E-state index contributed by atoms with van der Waals surface area (Å²) < 4.78 is 54.6. The quantitative estimate of drug-likeness (QED) is 0.102. The highest BCUT2D eigenvalue weighted by atomic mass is 32.2. The maximum atomic E-state index is 13.8. The van der Waals surface area contributed by atoms with Gasteiger partial charge < -0.3 is 21.3 Å². The summed E-state index contributed by atoms with van der Waals surface area (Å²) in [5, 5.41) is 10.9. The number of sulfone groups is 2. The summed E-state index contributed by atoms with van der Waals surface area (Å²) in [5.74, 6) is 0. The second-order valence-corrected chi connectivity index (χ2v) is 16.0. The molecule has 2 heterocycles. The van der Waals surface area contributed by atoms with E-state index >= 15 is 0 Å². The third-order valence-corrected chi connectivity index (χ3v) is 12.0.